The molecule has 1 aliphatic rings. The largest absolute Gasteiger partial charge is 0.337 e. The highest BCUT2D eigenvalue weighted by Gasteiger charge is 2.27. The molecule has 1 aliphatic heterocycles. The van der Waals surface area contributed by atoms with E-state index in [4.69, 9.17) is 0 Å². The van der Waals surface area contributed by atoms with Crippen LogP contribution >= 0.6 is 0 Å². The molecule has 0 aromatic rings. The third kappa shape index (κ3) is 3.76. The van der Waals surface area contributed by atoms with E-state index in [1.165, 1.54) is 0 Å². The van der Waals surface area contributed by atoms with Crippen LogP contribution in [0.5, 0.6) is 0 Å². The van der Waals surface area contributed by atoms with E-state index in [1.54, 1.807) is 0 Å². The molecule has 1 fully saturated rings. The maximum absolute atomic E-state index is 12.1. The lowest BCUT2D eigenvalue weighted by Crippen LogP contribution is -2.49. The van der Waals surface area contributed by atoms with Gasteiger partial charge in [-0.2, -0.15) is 0 Å². The maximum Gasteiger partial charge on any atom is 0.237 e. The van der Waals surface area contributed by atoms with E-state index in [0.717, 1.165) is 26.1 Å². The van der Waals surface area contributed by atoms with Crippen LogP contribution in [-0.4, -0.2) is 62.0 Å². The van der Waals surface area contributed by atoms with Crippen LogP contribution in [-0.2, 0) is 4.79 Å². The van der Waals surface area contributed by atoms with E-state index in [1.807, 2.05) is 19.0 Å². The van der Waals surface area contributed by atoms with Crippen molar-refractivity contribution in [3.63, 3.8) is 0 Å². The number of amides is 1. The maximum atomic E-state index is 12.1. The standard InChI is InChI=1S/C12H25N3O/c1-10(2)11-8-13-6-5-7-15(11)12(16)9-14(3)4/h10-11,13H,5-9H2,1-4H3. The third-order valence-corrected chi connectivity index (χ3v) is 3.05. The number of rotatable bonds is 3. The molecule has 4 heteroatoms. The molecule has 16 heavy (non-hydrogen) atoms. The minimum absolute atomic E-state index is 0.257. The summed E-state index contributed by atoms with van der Waals surface area (Å²) in [6.45, 7) is 7.73. The molecule has 1 atom stereocenters. The van der Waals surface area contributed by atoms with E-state index in [-0.39, 0.29) is 5.91 Å². The average Bonchev–Trinajstić information content (AvgIpc) is 2.40. The van der Waals surface area contributed by atoms with Crippen molar-refractivity contribution >= 4 is 5.91 Å². The second-order valence-electron chi connectivity index (χ2n) is 5.19. The SMILES string of the molecule is CC(C)C1CNCCCN1C(=O)CN(C)C. The molecule has 1 unspecified atom stereocenters. The fourth-order valence-electron chi connectivity index (χ4n) is 2.17. The Bertz CT molecular complexity index is 228. The van der Waals surface area contributed by atoms with Crippen LogP contribution in [0.2, 0.25) is 0 Å². The summed E-state index contributed by atoms with van der Waals surface area (Å²) < 4.78 is 0. The first-order valence-electron chi connectivity index (χ1n) is 6.17. The molecule has 1 amide bonds. The predicted molar refractivity (Wildman–Crippen MR) is 66.4 cm³/mol. The topological polar surface area (TPSA) is 35.6 Å². The first-order valence-corrected chi connectivity index (χ1v) is 6.17. The van der Waals surface area contributed by atoms with E-state index in [2.05, 4.69) is 24.1 Å². The highest BCUT2D eigenvalue weighted by Crippen LogP contribution is 2.13. The summed E-state index contributed by atoms with van der Waals surface area (Å²) >= 11 is 0. The van der Waals surface area contributed by atoms with Gasteiger partial charge in [-0.3, -0.25) is 4.79 Å². The molecule has 0 aromatic carbocycles. The van der Waals surface area contributed by atoms with Gasteiger partial charge in [0.15, 0.2) is 0 Å². The van der Waals surface area contributed by atoms with Crippen molar-refractivity contribution < 1.29 is 4.79 Å². The predicted octanol–water partition coefficient (Wildman–Crippen LogP) is 0.395. The number of likely N-dealkylation sites (N-methyl/N-ethyl adjacent to an activating group) is 1. The number of nitrogens with one attached hydrogen (secondary N) is 1. The van der Waals surface area contributed by atoms with Gasteiger partial charge in [0.25, 0.3) is 0 Å². The lowest BCUT2D eigenvalue weighted by atomic mass is 10.0. The second-order valence-corrected chi connectivity index (χ2v) is 5.19. The number of carbonyl (C=O) groups excluding carboxylic acids is 1. The lowest BCUT2D eigenvalue weighted by Gasteiger charge is -2.33. The van der Waals surface area contributed by atoms with Gasteiger partial charge < -0.3 is 15.1 Å². The van der Waals surface area contributed by atoms with E-state index < -0.39 is 0 Å². The normalized spacial score (nSPS) is 22.6. The Morgan fingerprint density at radius 2 is 2.19 bits per heavy atom. The molecule has 0 aliphatic carbocycles. The molecule has 1 saturated heterocycles. The molecule has 0 radical (unpaired) electrons. The zero-order valence-corrected chi connectivity index (χ0v) is 11.0. The van der Waals surface area contributed by atoms with Crippen molar-refractivity contribution in [2.24, 2.45) is 5.92 Å². The Labute approximate surface area is 99.0 Å². The minimum atomic E-state index is 0.257. The van der Waals surface area contributed by atoms with Crippen molar-refractivity contribution in [2.45, 2.75) is 26.3 Å². The molecule has 1 rings (SSSR count). The summed E-state index contributed by atoms with van der Waals surface area (Å²) in [5.41, 5.74) is 0. The van der Waals surface area contributed by atoms with Crippen LogP contribution in [0.3, 0.4) is 0 Å². The summed E-state index contributed by atoms with van der Waals surface area (Å²) in [5, 5.41) is 3.41. The lowest BCUT2D eigenvalue weighted by molar-refractivity contribution is -0.134. The van der Waals surface area contributed by atoms with Gasteiger partial charge >= 0.3 is 0 Å². The van der Waals surface area contributed by atoms with Gasteiger partial charge in [0.05, 0.1) is 6.54 Å². The molecule has 4 nitrogen and oxygen atoms in total. The summed E-state index contributed by atoms with van der Waals surface area (Å²) in [5.74, 6) is 0.768. The van der Waals surface area contributed by atoms with Crippen LogP contribution in [0.4, 0.5) is 0 Å². The third-order valence-electron chi connectivity index (χ3n) is 3.05. The van der Waals surface area contributed by atoms with E-state index in [0.29, 0.717) is 18.5 Å². The van der Waals surface area contributed by atoms with Gasteiger partial charge in [0.1, 0.15) is 0 Å². The summed E-state index contributed by atoms with van der Waals surface area (Å²) in [6, 6.07) is 0.343. The molecular formula is C12H25N3O. The average molecular weight is 227 g/mol. The molecule has 1 heterocycles. The van der Waals surface area contributed by atoms with Gasteiger partial charge in [-0.05, 0) is 33.0 Å². The Hall–Kier alpha value is -0.610. The molecule has 0 saturated carbocycles. The smallest absolute Gasteiger partial charge is 0.237 e. The van der Waals surface area contributed by atoms with Crippen molar-refractivity contribution in [3.8, 4) is 0 Å². The van der Waals surface area contributed by atoms with Crippen molar-refractivity contribution in [1.82, 2.24) is 15.1 Å². The zero-order valence-electron chi connectivity index (χ0n) is 11.0. The molecule has 0 spiro atoms. The van der Waals surface area contributed by atoms with Crippen LogP contribution in [0.15, 0.2) is 0 Å². The number of nitrogens with zero attached hydrogens (tertiary/aromatic N) is 2. The monoisotopic (exact) mass is 227 g/mol. The van der Waals surface area contributed by atoms with Crippen LogP contribution in [0.1, 0.15) is 20.3 Å². The van der Waals surface area contributed by atoms with Gasteiger partial charge in [-0.25, -0.2) is 0 Å². The van der Waals surface area contributed by atoms with Crippen LogP contribution < -0.4 is 5.32 Å². The zero-order chi connectivity index (χ0) is 12.1. The molecule has 94 valence electrons. The van der Waals surface area contributed by atoms with Crippen molar-refractivity contribution in [2.75, 3.05) is 40.3 Å². The Morgan fingerprint density at radius 3 is 2.75 bits per heavy atom. The summed E-state index contributed by atoms with van der Waals surface area (Å²) in [4.78, 5) is 16.1. The quantitative estimate of drug-likeness (QED) is 0.758. The fraction of sp³-hybridized carbons (Fsp3) is 0.917. The fourth-order valence-corrected chi connectivity index (χ4v) is 2.17. The Balaban J connectivity index is 2.67. The van der Waals surface area contributed by atoms with E-state index in [9.17, 15) is 4.79 Å². The number of carbonyl (C=O) groups is 1. The first-order chi connectivity index (χ1) is 7.52. The molecule has 1 N–H and O–H groups in total. The molecule has 0 aromatic heterocycles. The first kappa shape index (κ1) is 13.5. The highest BCUT2D eigenvalue weighted by molar-refractivity contribution is 5.78. The Kier molecular flexibility index (Phi) is 5.22. The summed E-state index contributed by atoms with van der Waals surface area (Å²) in [6.07, 6.45) is 1.06. The minimum Gasteiger partial charge on any atom is -0.337 e. The van der Waals surface area contributed by atoms with Crippen LogP contribution in [0, 0.1) is 5.92 Å². The van der Waals surface area contributed by atoms with Crippen molar-refractivity contribution in [3.05, 3.63) is 0 Å². The van der Waals surface area contributed by atoms with Crippen LogP contribution in [0.25, 0.3) is 0 Å². The highest BCUT2D eigenvalue weighted by atomic mass is 16.2. The Morgan fingerprint density at radius 1 is 1.50 bits per heavy atom. The van der Waals surface area contributed by atoms with Gasteiger partial charge in [0, 0.05) is 19.1 Å². The number of hydrogen-bond donors (Lipinski definition) is 1. The molecular weight excluding hydrogens is 202 g/mol. The summed E-state index contributed by atoms with van der Waals surface area (Å²) in [7, 11) is 3.89. The van der Waals surface area contributed by atoms with Crippen molar-refractivity contribution in [1.29, 1.82) is 0 Å². The molecule has 0 bridgehead atoms. The van der Waals surface area contributed by atoms with Gasteiger partial charge in [-0.15, -0.1) is 0 Å². The van der Waals surface area contributed by atoms with E-state index >= 15 is 0 Å². The second kappa shape index (κ2) is 6.21. The van der Waals surface area contributed by atoms with Gasteiger partial charge in [0.2, 0.25) is 5.91 Å². The van der Waals surface area contributed by atoms with Gasteiger partial charge in [-0.1, -0.05) is 13.8 Å². The number of hydrogen-bond acceptors (Lipinski definition) is 3.